The van der Waals surface area contributed by atoms with Crippen LogP contribution >= 0.6 is 0 Å². The Morgan fingerprint density at radius 1 is 1.05 bits per heavy atom. The van der Waals surface area contributed by atoms with Gasteiger partial charge in [0.1, 0.15) is 18.3 Å². The zero-order valence-corrected chi connectivity index (χ0v) is 12.0. The maximum absolute atomic E-state index is 8.77. The summed E-state index contributed by atoms with van der Waals surface area (Å²) in [5.41, 5.74) is 8.77. The van der Waals surface area contributed by atoms with Gasteiger partial charge in [0.15, 0.2) is 17.9 Å². The highest BCUT2D eigenvalue weighted by Crippen LogP contribution is 2.41. The summed E-state index contributed by atoms with van der Waals surface area (Å²) >= 11 is 0. The molecule has 8 nitrogen and oxygen atoms in total. The van der Waals surface area contributed by atoms with Gasteiger partial charge in [-0.15, -0.1) is 0 Å². The summed E-state index contributed by atoms with van der Waals surface area (Å²) in [5, 5.41) is 3.82. The lowest BCUT2D eigenvalue weighted by molar-refractivity contribution is -0.222. The molecule has 0 aliphatic carbocycles. The van der Waals surface area contributed by atoms with Crippen molar-refractivity contribution in [1.82, 2.24) is 0 Å². The molecular formula is C12H19N3O5. The molecule has 0 saturated carbocycles. The van der Waals surface area contributed by atoms with Gasteiger partial charge in [-0.2, -0.15) is 0 Å². The Morgan fingerprint density at radius 2 is 1.80 bits per heavy atom. The van der Waals surface area contributed by atoms with E-state index >= 15 is 0 Å². The van der Waals surface area contributed by atoms with Gasteiger partial charge < -0.3 is 23.7 Å². The number of nitrogens with zero attached hydrogens (tertiary/aromatic N) is 3. The SMILES string of the molecule is CC1(C)O[C@H]2OC([C@H]3COC(C)(C)O3)[C@H](N=[N+]=[N-])[C@H]2O1. The van der Waals surface area contributed by atoms with Crippen molar-refractivity contribution in [3.8, 4) is 0 Å². The van der Waals surface area contributed by atoms with Crippen LogP contribution in [0.15, 0.2) is 5.11 Å². The topological polar surface area (TPSA) is 94.9 Å². The number of fused-ring (bicyclic) bond motifs is 1. The minimum absolute atomic E-state index is 0.304. The molecular weight excluding hydrogens is 266 g/mol. The van der Waals surface area contributed by atoms with Crippen molar-refractivity contribution in [1.29, 1.82) is 0 Å². The Morgan fingerprint density at radius 3 is 2.40 bits per heavy atom. The highest BCUT2D eigenvalue weighted by molar-refractivity contribution is 5.01. The summed E-state index contributed by atoms with van der Waals surface area (Å²) in [7, 11) is 0. The third kappa shape index (κ3) is 2.39. The normalized spacial score (nSPS) is 45.1. The molecule has 1 unspecified atom stereocenters. The first-order valence-electron chi connectivity index (χ1n) is 6.68. The zero-order valence-electron chi connectivity index (χ0n) is 12.0. The second-order valence-corrected chi connectivity index (χ2v) is 6.13. The highest BCUT2D eigenvalue weighted by atomic mass is 16.8. The maximum Gasteiger partial charge on any atom is 0.188 e. The van der Waals surface area contributed by atoms with E-state index in [4.69, 9.17) is 29.2 Å². The van der Waals surface area contributed by atoms with Gasteiger partial charge in [-0.25, -0.2) is 0 Å². The summed E-state index contributed by atoms with van der Waals surface area (Å²) in [5.74, 6) is -1.40. The molecule has 3 aliphatic heterocycles. The Hall–Kier alpha value is -0.890. The standard InChI is InChI=1S/C12H19N3O5/c1-11(2)16-5-6(18-11)8-7(14-15-13)9-10(17-8)20-12(3,4)19-9/h6-10H,5H2,1-4H3/t6-,7+,8?,9-,10-/m1/s1. The molecule has 3 rings (SSSR count). The van der Waals surface area contributed by atoms with E-state index in [1.165, 1.54) is 0 Å². The summed E-state index contributed by atoms with van der Waals surface area (Å²) in [6, 6.07) is -0.491. The zero-order chi connectivity index (χ0) is 14.5. The number of hydrogen-bond donors (Lipinski definition) is 0. The molecule has 0 aromatic carbocycles. The molecule has 0 radical (unpaired) electrons. The molecule has 3 fully saturated rings. The quantitative estimate of drug-likeness (QED) is 0.437. The van der Waals surface area contributed by atoms with E-state index in [9.17, 15) is 0 Å². The van der Waals surface area contributed by atoms with Crippen LogP contribution in [0.3, 0.4) is 0 Å². The second kappa shape index (κ2) is 4.56. The fraction of sp³-hybridized carbons (Fsp3) is 1.00. The minimum atomic E-state index is -0.740. The second-order valence-electron chi connectivity index (χ2n) is 6.13. The van der Waals surface area contributed by atoms with Crippen LogP contribution in [0.5, 0.6) is 0 Å². The fourth-order valence-corrected chi connectivity index (χ4v) is 2.89. The van der Waals surface area contributed by atoms with E-state index in [2.05, 4.69) is 10.0 Å². The number of ether oxygens (including phenoxy) is 5. The van der Waals surface area contributed by atoms with Crippen molar-refractivity contribution >= 4 is 0 Å². The van der Waals surface area contributed by atoms with Crippen molar-refractivity contribution < 1.29 is 23.7 Å². The first kappa shape index (κ1) is 14.1. The Bertz CT molecular complexity index is 448. The number of azide groups is 1. The van der Waals surface area contributed by atoms with Crippen molar-refractivity contribution in [2.45, 2.75) is 69.9 Å². The molecule has 0 N–H and O–H groups in total. The molecule has 0 aromatic heterocycles. The van der Waals surface area contributed by atoms with Crippen molar-refractivity contribution in [2.75, 3.05) is 6.61 Å². The Kier molecular flexibility index (Phi) is 3.20. The van der Waals surface area contributed by atoms with Gasteiger partial charge in [0.2, 0.25) is 0 Å². The minimum Gasteiger partial charge on any atom is -0.348 e. The average Bonchev–Trinajstić information content (AvgIpc) is 2.91. The van der Waals surface area contributed by atoms with Gasteiger partial charge in [-0.05, 0) is 33.2 Å². The summed E-state index contributed by atoms with van der Waals surface area (Å²) < 4.78 is 28.6. The van der Waals surface area contributed by atoms with Crippen molar-refractivity contribution in [3.05, 3.63) is 10.4 Å². The van der Waals surface area contributed by atoms with Crippen LogP contribution in [0.25, 0.3) is 10.4 Å². The maximum atomic E-state index is 8.77. The summed E-state index contributed by atoms with van der Waals surface area (Å²) in [4.78, 5) is 2.90. The van der Waals surface area contributed by atoms with Crippen LogP contribution in [0.4, 0.5) is 0 Å². The fourth-order valence-electron chi connectivity index (χ4n) is 2.89. The van der Waals surface area contributed by atoms with Crippen molar-refractivity contribution in [3.63, 3.8) is 0 Å². The average molecular weight is 285 g/mol. The van der Waals surface area contributed by atoms with E-state index in [0.717, 1.165) is 0 Å². The van der Waals surface area contributed by atoms with Crippen LogP contribution in [0.2, 0.25) is 0 Å². The molecule has 0 amide bonds. The van der Waals surface area contributed by atoms with Gasteiger partial charge in [0, 0.05) is 4.91 Å². The number of hydrogen-bond acceptors (Lipinski definition) is 6. The highest BCUT2D eigenvalue weighted by Gasteiger charge is 2.57. The van der Waals surface area contributed by atoms with E-state index in [-0.39, 0.29) is 6.10 Å². The van der Waals surface area contributed by atoms with E-state index in [0.29, 0.717) is 6.61 Å². The molecule has 3 heterocycles. The lowest BCUT2D eigenvalue weighted by atomic mass is 10.0. The number of rotatable bonds is 2. The van der Waals surface area contributed by atoms with E-state index < -0.39 is 36.1 Å². The van der Waals surface area contributed by atoms with Gasteiger partial charge in [-0.1, -0.05) is 5.11 Å². The molecule has 3 saturated heterocycles. The molecule has 0 aromatic rings. The van der Waals surface area contributed by atoms with Crippen LogP contribution < -0.4 is 0 Å². The predicted octanol–water partition coefficient (Wildman–Crippen LogP) is 1.69. The monoisotopic (exact) mass is 285 g/mol. The Balaban J connectivity index is 1.78. The third-order valence-electron chi connectivity index (χ3n) is 3.63. The van der Waals surface area contributed by atoms with Gasteiger partial charge in [0.25, 0.3) is 0 Å². The van der Waals surface area contributed by atoms with Crippen molar-refractivity contribution in [2.24, 2.45) is 5.11 Å². The Labute approximate surface area is 116 Å². The summed E-state index contributed by atoms with van der Waals surface area (Å²) in [6.45, 7) is 7.66. The largest absolute Gasteiger partial charge is 0.348 e. The third-order valence-corrected chi connectivity index (χ3v) is 3.63. The van der Waals surface area contributed by atoms with E-state index in [1.54, 1.807) is 13.8 Å². The van der Waals surface area contributed by atoms with Gasteiger partial charge >= 0.3 is 0 Å². The van der Waals surface area contributed by atoms with Gasteiger partial charge in [-0.3, -0.25) is 0 Å². The van der Waals surface area contributed by atoms with Crippen LogP contribution in [-0.4, -0.2) is 48.8 Å². The molecule has 112 valence electrons. The molecule has 0 bridgehead atoms. The first-order chi connectivity index (χ1) is 9.31. The molecule has 8 heteroatoms. The van der Waals surface area contributed by atoms with E-state index in [1.807, 2.05) is 13.8 Å². The molecule has 20 heavy (non-hydrogen) atoms. The van der Waals surface area contributed by atoms with Gasteiger partial charge in [0.05, 0.1) is 12.6 Å². The molecule has 5 atom stereocenters. The predicted molar refractivity (Wildman–Crippen MR) is 66.5 cm³/mol. The van der Waals surface area contributed by atoms with Crippen LogP contribution in [0.1, 0.15) is 27.7 Å². The van der Waals surface area contributed by atoms with Crippen LogP contribution in [0, 0.1) is 0 Å². The smallest absolute Gasteiger partial charge is 0.188 e. The summed E-state index contributed by atoms with van der Waals surface area (Å²) in [6.07, 6.45) is -1.70. The molecule has 3 aliphatic rings. The lowest BCUT2D eigenvalue weighted by Crippen LogP contribution is -2.41. The lowest BCUT2D eigenvalue weighted by Gasteiger charge is -2.26. The molecule has 0 spiro atoms. The first-order valence-corrected chi connectivity index (χ1v) is 6.68. The van der Waals surface area contributed by atoms with Crippen LogP contribution in [-0.2, 0) is 23.7 Å².